The molecule has 3 N–H and O–H groups in total. The SMILES string of the molecule is CCn1c(CON)cc2ccc(O)cc21. The summed E-state index contributed by atoms with van der Waals surface area (Å²) in [6, 6.07) is 7.33. The van der Waals surface area contributed by atoms with E-state index in [1.165, 1.54) is 0 Å². The zero-order chi connectivity index (χ0) is 10.8. The molecule has 1 aromatic heterocycles. The first kappa shape index (κ1) is 10.0. The molecule has 4 nitrogen and oxygen atoms in total. The third-order valence-electron chi connectivity index (χ3n) is 2.52. The lowest BCUT2D eigenvalue weighted by atomic mass is 10.2. The standard InChI is InChI=1S/C11H14N2O2/c1-2-13-9(7-15-12)5-8-3-4-10(14)6-11(8)13/h3-6,14H,2,7,12H2,1H3. The zero-order valence-corrected chi connectivity index (χ0v) is 8.60. The fraction of sp³-hybridized carbons (Fsp3) is 0.273. The highest BCUT2D eigenvalue weighted by Crippen LogP contribution is 2.24. The summed E-state index contributed by atoms with van der Waals surface area (Å²) in [6.07, 6.45) is 0. The van der Waals surface area contributed by atoms with Crippen LogP contribution in [0.3, 0.4) is 0 Å². The maximum absolute atomic E-state index is 9.42. The van der Waals surface area contributed by atoms with Crippen LogP contribution in [0.5, 0.6) is 5.75 Å². The van der Waals surface area contributed by atoms with Gasteiger partial charge < -0.3 is 9.67 Å². The summed E-state index contributed by atoms with van der Waals surface area (Å²) in [5, 5.41) is 10.5. The number of hydrogen-bond acceptors (Lipinski definition) is 3. The highest BCUT2D eigenvalue weighted by Gasteiger charge is 2.07. The highest BCUT2D eigenvalue weighted by atomic mass is 16.6. The smallest absolute Gasteiger partial charge is 0.117 e. The summed E-state index contributed by atoms with van der Waals surface area (Å²) in [4.78, 5) is 4.65. The van der Waals surface area contributed by atoms with Crippen molar-refractivity contribution in [1.29, 1.82) is 0 Å². The van der Waals surface area contributed by atoms with E-state index in [0.717, 1.165) is 23.1 Å². The number of nitrogens with two attached hydrogens (primary N) is 1. The van der Waals surface area contributed by atoms with Crippen molar-refractivity contribution >= 4 is 10.9 Å². The molecular formula is C11H14N2O2. The number of fused-ring (bicyclic) bond motifs is 1. The van der Waals surface area contributed by atoms with E-state index in [1.54, 1.807) is 12.1 Å². The molecule has 4 heteroatoms. The van der Waals surface area contributed by atoms with Gasteiger partial charge in [0, 0.05) is 23.7 Å². The van der Waals surface area contributed by atoms with E-state index in [0.29, 0.717) is 6.61 Å². The molecule has 0 aliphatic carbocycles. The molecule has 0 saturated carbocycles. The van der Waals surface area contributed by atoms with Gasteiger partial charge >= 0.3 is 0 Å². The average Bonchev–Trinajstić information content (AvgIpc) is 2.55. The first-order valence-electron chi connectivity index (χ1n) is 4.89. The fourth-order valence-electron chi connectivity index (χ4n) is 1.88. The van der Waals surface area contributed by atoms with Gasteiger partial charge in [0.2, 0.25) is 0 Å². The number of rotatable bonds is 3. The minimum Gasteiger partial charge on any atom is -0.508 e. The number of benzene rings is 1. The molecule has 0 spiro atoms. The van der Waals surface area contributed by atoms with Crippen LogP contribution >= 0.6 is 0 Å². The van der Waals surface area contributed by atoms with Crippen molar-refractivity contribution in [3.8, 4) is 5.75 Å². The Kier molecular flexibility index (Phi) is 2.62. The van der Waals surface area contributed by atoms with E-state index >= 15 is 0 Å². The molecule has 2 rings (SSSR count). The summed E-state index contributed by atoms with van der Waals surface area (Å²) >= 11 is 0. The average molecular weight is 206 g/mol. The molecule has 1 heterocycles. The third kappa shape index (κ3) is 1.69. The van der Waals surface area contributed by atoms with Crippen LogP contribution in [-0.4, -0.2) is 9.67 Å². The number of aromatic hydroxyl groups is 1. The maximum atomic E-state index is 9.42. The highest BCUT2D eigenvalue weighted by molar-refractivity contribution is 5.82. The number of phenolic OH excluding ortho intramolecular Hbond substituents is 1. The van der Waals surface area contributed by atoms with Crippen LogP contribution in [0.1, 0.15) is 12.6 Å². The Bertz CT molecular complexity index is 477. The van der Waals surface area contributed by atoms with Crippen LogP contribution in [0, 0.1) is 0 Å². The van der Waals surface area contributed by atoms with Gasteiger partial charge in [0.1, 0.15) is 12.4 Å². The summed E-state index contributed by atoms with van der Waals surface area (Å²) in [6.45, 7) is 3.25. The second kappa shape index (κ2) is 3.92. The molecule has 0 aliphatic heterocycles. The van der Waals surface area contributed by atoms with Crippen molar-refractivity contribution < 1.29 is 9.94 Å². The fourth-order valence-corrected chi connectivity index (χ4v) is 1.88. The van der Waals surface area contributed by atoms with E-state index in [2.05, 4.69) is 9.40 Å². The summed E-state index contributed by atoms with van der Waals surface area (Å²) in [5.41, 5.74) is 2.02. The molecule has 15 heavy (non-hydrogen) atoms. The molecule has 2 aromatic rings. The molecule has 0 amide bonds. The first-order valence-corrected chi connectivity index (χ1v) is 4.89. The van der Waals surface area contributed by atoms with Crippen molar-refractivity contribution in [2.24, 2.45) is 5.90 Å². The Balaban J connectivity index is 2.63. The van der Waals surface area contributed by atoms with Crippen LogP contribution in [0.2, 0.25) is 0 Å². The lowest BCUT2D eigenvalue weighted by molar-refractivity contribution is 0.119. The molecule has 0 aliphatic rings. The number of hydrogen-bond donors (Lipinski definition) is 2. The Morgan fingerprint density at radius 3 is 2.87 bits per heavy atom. The molecule has 0 radical (unpaired) electrons. The van der Waals surface area contributed by atoms with Gasteiger partial charge in [0.05, 0.1) is 5.52 Å². The van der Waals surface area contributed by atoms with Crippen molar-refractivity contribution in [1.82, 2.24) is 4.57 Å². The quantitative estimate of drug-likeness (QED) is 0.752. The number of phenols is 1. The van der Waals surface area contributed by atoms with E-state index in [-0.39, 0.29) is 5.75 Å². The van der Waals surface area contributed by atoms with E-state index in [9.17, 15) is 5.11 Å². The van der Waals surface area contributed by atoms with Crippen LogP contribution in [0.25, 0.3) is 10.9 Å². The number of nitrogens with zero attached hydrogens (tertiary/aromatic N) is 1. The molecule has 0 bridgehead atoms. The largest absolute Gasteiger partial charge is 0.508 e. The van der Waals surface area contributed by atoms with Gasteiger partial charge in [-0.2, -0.15) is 0 Å². The predicted octanol–water partition coefficient (Wildman–Crippen LogP) is 1.76. The zero-order valence-electron chi connectivity index (χ0n) is 8.60. The van der Waals surface area contributed by atoms with Crippen LogP contribution in [0.4, 0.5) is 0 Å². The first-order chi connectivity index (χ1) is 7.26. The van der Waals surface area contributed by atoms with Crippen molar-refractivity contribution in [2.75, 3.05) is 0 Å². The maximum Gasteiger partial charge on any atom is 0.117 e. The van der Waals surface area contributed by atoms with Gasteiger partial charge in [-0.15, -0.1) is 0 Å². The van der Waals surface area contributed by atoms with Gasteiger partial charge in [0.15, 0.2) is 0 Å². The van der Waals surface area contributed by atoms with Crippen molar-refractivity contribution in [2.45, 2.75) is 20.1 Å². The Morgan fingerprint density at radius 1 is 1.40 bits per heavy atom. The van der Waals surface area contributed by atoms with Crippen molar-refractivity contribution in [3.05, 3.63) is 30.0 Å². The lowest BCUT2D eigenvalue weighted by Gasteiger charge is -2.06. The van der Waals surface area contributed by atoms with E-state index in [4.69, 9.17) is 5.90 Å². The van der Waals surface area contributed by atoms with Crippen LogP contribution < -0.4 is 5.90 Å². The number of aromatic nitrogens is 1. The summed E-state index contributed by atoms with van der Waals surface area (Å²) in [7, 11) is 0. The lowest BCUT2D eigenvalue weighted by Crippen LogP contribution is -2.05. The predicted molar refractivity (Wildman–Crippen MR) is 58.3 cm³/mol. The second-order valence-electron chi connectivity index (χ2n) is 3.43. The normalized spacial score (nSPS) is 11.1. The monoisotopic (exact) mass is 206 g/mol. The third-order valence-corrected chi connectivity index (χ3v) is 2.52. The molecule has 0 fully saturated rings. The van der Waals surface area contributed by atoms with Crippen LogP contribution in [-0.2, 0) is 18.0 Å². The summed E-state index contributed by atoms with van der Waals surface area (Å²) in [5.74, 6) is 5.35. The topological polar surface area (TPSA) is 60.4 Å². The van der Waals surface area contributed by atoms with E-state index < -0.39 is 0 Å². The molecular weight excluding hydrogens is 192 g/mol. The van der Waals surface area contributed by atoms with Gasteiger partial charge in [-0.3, -0.25) is 4.84 Å². The molecule has 0 unspecified atom stereocenters. The van der Waals surface area contributed by atoms with Gasteiger partial charge in [-0.25, -0.2) is 5.90 Å². The molecule has 0 atom stereocenters. The van der Waals surface area contributed by atoms with Gasteiger partial charge in [-0.05, 0) is 25.1 Å². The Labute approximate surface area is 87.8 Å². The van der Waals surface area contributed by atoms with Crippen molar-refractivity contribution in [3.63, 3.8) is 0 Å². The second-order valence-corrected chi connectivity index (χ2v) is 3.43. The van der Waals surface area contributed by atoms with E-state index in [1.807, 2.05) is 19.1 Å². The Hall–Kier alpha value is -1.52. The molecule has 1 aromatic carbocycles. The van der Waals surface area contributed by atoms with Crippen LogP contribution in [0.15, 0.2) is 24.3 Å². The summed E-state index contributed by atoms with van der Waals surface area (Å²) < 4.78 is 2.07. The minimum absolute atomic E-state index is 0.274. The van der Waals surface area contributed by atoms with Gasteiger partial charge in [-0.1, -0.05) is 0 Å². The molecule has 0 saturated heterocycles. The number of aryl methyl sites for hydroxylation is 1. The van der Waals surface area contributed by atoms with Gasteiger partial charge in [0.25, 0.3) is 0 Å². The Morgan fingerprint density at radius 2 is 2.20 bits per heavy atom. The minimum atomic E-state index is 0.274. The molecule has 80 valence electrons.